The highest BCUT2D eigenvalue weighted by Gasteiger charge is 2.17. The maximum absolute atomic E-state index is 11.1. The minimum Gasteiger partial charge on any atom is -0.349 e. The van der Waals surface area contributed by atoms with Gasteiger partial charge in [0.1, 0.15) is 0 Å². The quantitative estimate of drug-likeness (QED) is 0.365. The zero-order valence-electron chi connectivity index (χ0n) is 13.5. The van der Waals surface area contributed by atoms with E-state index in [1.165, 1.54) is 5.56 Å². The Balaban J connectivity index is 0.000000151. The van der Waals surface area contributed by atoms with Gasteiger partial charge in [0.05, 0.1) is 26.4 Å². The molecule has 3 nitrogen and oxygen atoms in total. The van der Waals surface area contributed by atoms with Gasteiger partial charge in [-0.05, 0) is 48.2 Å². The van der Waals surface area contributed by atoms with E-state index in [1.54, 1.807) is 6.07 Å². The maximum Gasteiger partial charge on any atom is 0.224 e. The lowest BCUT2D eigenvalue weighted by Crippen LogP contribution is -2.19. The number of hydrogen-bond donors (Lipinski definition) is 2. The number of amides is 1. The van der Waals surface area contributed by atoms with Gasteiger partial charge in [0.25, 0.3) is 0 Å². The number of carbonyl (C=O) groups is 1. The Bertz CT molecular complexity index is 832. The molecule has 0 spiro atoms. The Labute approximate surface area is 184 Å². The molecule has 0 bridgehead atoms. The van der Waals surface area contributed by atoms with E-state index in [-0.39, 0.29) is 5.91 Å². The Morgan fingerprint density at radius 1 is 0.808 bits per heavy atom. The SMILES string of the molecule is O=C1CCc2cc(Br)cc(Cl)c2N1.S=C1CCc2cc(Br)cc(Cl)c2N1. The first-order valence-electron chi connectivity index (χ1n) is 7.89. The monoisotopic (exact) mass is 534 g/mol. The molecule has 2 N–H and O–H groups in total. The molecule has 2 aliphatic rings. The molecule has 2 aromatic rings. The van der Waals surface area contributed by atoms with Crippen LogP contribution in [0.2, 0.25) is 10.0 Å². The average Bonchev–Trinajstić information content (AvgIpc) is 2.57. The third-order valence-corrected chi connectivity index (χ3v) is 5.86. The first-order chi connectivity index (χ1) is 12.3. The number of thiocarbonyl (C=S) groups is 1. The van der Waals surface area contributed by atoms with E-state index in [9.17, 15) is 4.79 Å². The molecule has 0 saturated heterocycles. The van der Waals surface area contributed by atoms with Crippen molar-refractivity contribution in [2.75, 3.05) is 10.6 Å². The fraction of sp³-hybridized carbons (Fsp3) is 0.222. The molecule has 0 unspecified atom stereocenters. The van der Waals surface area contributed by atoms with E-state index in [2.05, 4.69) is 48.6 Å². The highest BCUT2D eigenvalue weighted by atomic mass is 79.9. The van der Waals surface area contributed by atoms with Crippen molar-refractivity contribution in [3.8, 4) is 0 Å². The lowest BCUT2D eigenvalue weighted by molar-refractivity contribution is -0.116. The minimum atomic E-state index is 0.0386. The standard InChI is InChI=1S/C9H7BrClNO.C9H7BrClNS/c2*10-6-3-5-1-2-8(13)12-9(5)7(11)4-6/h2*3-4H,1-2H2,(H,12,13). The number of aryl methyl sites for hydroxylation is 2. The van der Waals surface area contributed by atoms with Crippen LogP contribution in [0.25, 0.3) is 0 Å². The molecule has 136 valence electrons. The fourth-order valence-electron chi connectivity index (χ4n) is 2.83. The van der Waals surface area contributed by atoms with Gasteiger partial charge >= 0.3 is 0 Å². The first kappa shape index (κ1) is 20.1. The number of fused-ring (bicyclic) bond motifs is 2. The molecule has 0 radical (unpaired) electrons. The molecule has 0 atom stereocenters. The van der Waals surface area contributed by atoms with Gasteiger partial charge in [-0.25, -0.2) is 0 Å². The largest absolute Gasteiger partial charge is 0.349 e. The number of carbonyl (C=O) groups excluding carboxylic acids is 1. The van der Waals surface area contributed by atoms with Gasteiger partial charge in [-0.2, -0.15) is 0 Å². The van der Waals surface area contributed by atoms with Crippen LogP contribution in [-0.4, -0.2) is 10.9 Å². The molecule has 0 aliphatic carbocycles. The van der Waals surface area contributed by atoms with Gasteiger partial charge in [0.2, 0.25) is 5.91 Å². The summed E-state index contributed by atoms with van der Waals surface area (Å²) in [6, 6.07) is 7.73. The number of hydrogen-bond acceptors (Lipinski definition) is 2. The minimum absolute atomic E-state index is 0.0386. The highest BCUT2D eigenvalue weighted by molar-refractivity contribution is 9.10. The van der Waals surface area contributed by atoms with Gasteiger partial charge in [-0.15, -0.1) is 0 Å². The summed E-state index contributed by atoms with van der Waals surface area (Å²) in [5, 5.41) is 7.22. The van der Waals surface area contributed by atoms with Crippen LogP contribution in [0.4, 0.5) is 11.4 Å². The molecular formula is C18H14Br2Cl2N2OS. The predicted octanol–water partition coefficient (Wildman–Crippen LogP) is 6.78. The Morgan fingerprint density at radius 2 is 1.31 bits per heavy atom. The molecule has 0 saturated carbocycles. The summed E-state index contributed by atoms with van der Waals surface area (Å²) in [4.78, 5) is 12.0. The van der Waals surface area contributed by atoms with Crippen molar-refractivity contribution in [1.82, 2.24) is 0 Å². The molecule has 0 aromatic heterocycles. The van der Waals surface area contributed by atoms with E-state index in [0.717, 1.165) is 55.2 Å². The lowest BCUT2D eigenvalue weighted by Gasteiger charge is -2.20. The molecular weight excluding hydrogens is 523 g/mol. The molecule has 8 heteroatoms. The summed E-state index contributed by atoms with van der Waals surface area (Å²) in [5.74, 6) is 0.0386. The molecule has 26 heavy (non-hydrogen) atoms. The van der Waals surface area contributed by atoms with Crippen LogP contribution >= 0.6 is 67.3 Å². The van der Waals surface area contributed by atoms with E-state index in [4.69, 9.17) is 35.4 Å². The molecule has 4 rings (SSSR count). The zero-order chi connectivity index (χ0) is 18.8. The van der Waals surface area contributed by atoms with Crippen molar-refractivity contribution in [3.63, 3.8) is 0 Å². The van der Waals surface area contributed by atoms with Gasteiger partial charge in [0.15, 0.2) is 0 Å². The van der Waals surface area contributed by atoms with Crippen LogP contribution in [0.5, 0.6) is 0 Å². The summed E-state index contributed by atoms with van der Waals surface area (Å²) in [6.45, 7) is 0. The Morgan fingerprint density at radius 3 is 1.88 bits per heavy atom. The van der Waals surface area contributed by atoms with Crippen LogP contribution in [0.1, 0.15) is 24.0 Å². The van der Waals surface area contributed by atoms with Crippen molar-refractivity contribution in [2.45, 2.75) is 25.7 Å². The second-order valence-corrected chi connectivity index (χ2v) is 9.08. The summed E-state index contributed by atoms with van der Waals surface area (Å²) < 4.78 is 1.97. The van der Waals surface area contributed by atoms with Crippen molar-refractivity contribution in [1.29, 1.82) is 0 Å². The molecule has 2 aliphatic heterocycles. The molecule has 2 aromatic carbocycles. The number of anilines is 2. The summed E-state index contributed by atoms with van der Waals surface area (Å²) >= 11 is 23.9. The molecule has 2 heterocycles. The summed E-state index contributed by atoms with van der Waals surface area (Å²) in [6.07, 6.45) is 3.19. The Kier molecular flexibility index (Phi) is 6.62. The smallest absolute Gasteiger partial charge is 0.224 e. The van der Waals surface area contributed by atoms with Gasteiger partial charge in [0, 0.05) is 21.8 Å². The normalized spacial score (nSPS) is 15.1. The summed E-state index contributed by atoms with van der Waals surface area (Å²) in [7, 11) is 0. The molecule has 1 amide bonds. The predicted molar refractivity (Wildman–Crippen MR) is 120 cm³/mol. The topological polar surface area (TPSA) is 41.1 Å². The van der Waals surface area contributed by atoms with Gasteiger partial charge in [-0.3, -0.25) is 4.79 Å². The maximum atomic E-state index is 11.1. The van der Waals surface area contributed by atoms with Crippen LogP contribution in [0, 0.1) is 0 Å². The van der Waals surface area contributed by atoms with Crippen molar-refractivity contribution in [2.24, 2.45) is 0 Å². The van der Waals surface area contributed by atoms with E-state index >= 15 is 0 Å². The Hall–Kier alpha value is -0.660. The van der Waals surface area contributed by atoms with Gasteiger partial charge < -0.3 is 10.6 Å². The molecule has 0 fully saturated rings. The number of rotatable bonds is 0. The van der Waals surface area contributed by atoms with E-state index in [0.29, 0.717) is 11.4 Å². The highest BCUT2D eigenvalue weighted by Crippen LogP contribution is 2.34. The lowest BCUT2D eigenvalue weighted by atomic mass is 10.0. The zero-order valence-corrected chi connectivity index (χ0v) is 19.0. The first-order valence-corrected chi connectivity index (χ1v) is 10.6. The van der Waals surface area contributed by atoms with Crippen molar-refractivity contribution >= 4 is 89.6 Å². The van der Waals surface area contributed by atoms with Crippen LogP contribution in [0.15, 0.2) is 33.2 Å². The van der Waals surface area contributed by atoms with E-state index in [1.807, 2.05) is 12.1 Å². The number of halogens is 4. The third-order valence-electron chi connectivity index (χ3n) is 4.04. The number of nitrogens with one attached hydrogen (secondary N) is 2. The van der Waals surface area contributed by atoms with Crippen LogP contribution < -0.4 is 10.6 Å². The van der Waals surface area contributed by atoms with E-state index < -0.39 is 0 Å². The third kappa shape index (κ3) is 4.78. The number of benzene rings is 2. The second kappa shape index (κ2) is 8.57. The average molecular weight is 537 g/mol. The fourth-order valence-corrected chi connectivity index (χ4v) is 4.88. The second-order valence-electron chi connectivity index (χ2n) is 5.94. The van der Waals surface area contributed by atoms with Crippen molar-refractivity contribution < 1.29 is 4.79 Å². The van der Waals surface area contributed by atoms with Crippen LogP contribution in [0.3, 0.4) is 0 Å². The summed E-state index contributed by atoms with van der Waals surface area (Å²) in [5.41, 5.74) is 4.06. The van der Waals surface area contributed by atoms with Crippen molar-refractivity contribution in [3.05, 3.63) is 54.4 Å². The van der Waals surface area contributed by atoms with Crippen LogP contribution in [-0.2, 0) is 17.6 Å². The van der Waals surface area contributed by atoms with Gasteiger partial charge in [-0.1, -0.05) is 67.3 Å².